The fourth-order valence-electron chi connectivity index (χ4n) is 2.88. The van der Waals surface area contributed by atoms with Crippen molar-refractivity contribution < 1.29 is 13.2 Å². The predicted molar refractivity (Wildman–Crippen MR) is 117 cm³/mol. The first-order valence-electron chi connectivity index (χ1n) is 9.47. The van der Waals surface area contributed by atoms with E-state index in [1.54, 1.807) is 4.90 Å². The number of thioether (sulfide) groups is 1. The molecule has 3 rings (SSSR count). The Morgan fingerprint density at radius 3 is 2.59 bits per heavy atom. The van der Waals surface area contributed by atoms with Gasteiger partial charge in [-0.3, -0.25) is 4.79 Å². The molecular weight excluding hydrogens is 430 g/mol. The number of hydrogen-bond donors (Lipinski definition) is 1. The Labute approximate surface area is 179 Å². The molecule has 8 nitrogen and oxygen atoms in total. The maximum Gasteiger partial charge on any atom is 0.233 e. The number of carbonyl (C=O) groups is 1. The molecule has 0 saturated carbocycles. The second-order valence-electron chi connectivity index (χ2n) is 6.61. The van der Waals surface area contributed by atoms with Crippen LogP contribution in [-0.4, -0.2) is 72.2 Å². The predicted octanol–water partition coefficient (Wildman–Crippen LogP) is 2.13. The Hall–Kier alpha value is -1.69. The second kappa shape index (κ2) is 10.4. The summed E-state index contributed by atoms with van der Waals surface area (Å²) in [7, 11) is -3.38. The first-order chi connectivity index (χ1) is 14.0. The van der Waals surface area contributed by atoms with Crippen LogP contribution < -0.4 is 5.32 Å². The van der Waals surface area contributed by atoms with Crippen molar-refractivity contribution in [1.82, 2.24) is 19.4 Å². The lowest BCUT2D eigenvalue weighted by atomic mass is 10.2. The summed E-state index contributed by atoms with van der Waals surface area (Å²) >= 11 is 2.80. The number of carbonyl (C=O) groups excluding carboxylic acids is 1. The van der Waals surface area contributed by atoms with Crippen LogP contribution >= 0.6 is 23.1 Å². The molecule has 1 N–H and O–H groups in total. The molecule has 29 heavy (non-hydrogen) atoms. The Bertz CT molecular complexity index is 896. The lowest BCUT2D eigenvalue weighted by Gasteiger charge is -2.34. The smallest absolute Gasteiger partial charge is 0.233 e. The highest BCUT2D eigenvalue weighted by molar-refractivity contribution is 8.01. The minimum Gasteiger partial charge on any atom is -0.360 e. The molecule has 1 fully saturated rings. The van der Waals surface area contributed by atoms with E-state index in [0.717, 1.165) is 28.0 Å². The summed E-state index contributed by atoms with van der Waals surface area (Å²) < 4.78 is 27.5. The molecule has 1 saturated heterocycles. The molecule has 1 aromatic carbocycles. The number of nitrogens with one attached hydrogen (secondary N) is 1. The maximum atomic E-state index is 12.6. The van der Waals surface area contributed by atoms with Gasteiger partial charge in [0.05, 0.1) is 11.5 Å². The summed E-state index contributed by atoms with van der Waals surface area (Å²) in [6, 6.07) is 9.15. The standard InChI is InChI=1S/C18H25N5O3S3/c1-2-8-19-17-20-21-18(28-17)27-13-16(24)22-9-11-23(12-10-22)29(25,26)14-15-6-4-3-5-7-15/h3-7H,2,8-14H2,1H3,(H,19,20). The van der Waals surface area contributed by atoms with E-state index in [1.165, 1.54) is 27.4 Å². The summed E-state index contributed by atoms with van der Waals surface area (Å²) in [5, 5.41) is 12.1. The van der Waals surface area contributed by atoms with E-state index < -0.39 is 10.0 Å². The molecule has 0 bridgehead atoms. The van der Waals surface area contributed by atoms with Crippen molar-refractivity contribution in [3.63, 3.8) is 0 Å². The molecule has 0 radical (unpaired) electrons. The number of amides is 1. The van der Waals surface area contributed by atoms with Crippen molar-refractivity contribution in [3.8, 4) is 0 Å². The minimum absolute atomic E-state index is 0.00613. The van der Waals surface area contributed by atoms with Gasteiger partial charge < -0.3 is 10.2 Å². The molecule has 0 spiro atoms. The van der Waals surface area contributed by atoms with Crippen LogP contribution in [0.5, 0.6) is 0 Å². The summed E-state index contributed by atoms with van der Waals surface area (Å²) in [6.07, 6.45) is 1.01. The van der Waals surface area contributed by atoms with Crippen LogP contribution in [-0.2, 0) is 20.6 Å². The molecule has 11 heteroatoms. The lowest BCUT2D eigenvalue weighted by molar-refractivity contribution is -0.129. The number of piperazine rings is 1. The zero-order valence-corrected chi connectivity index (χ0v) is 18.7. The van der Waals surface area contributed by atoms with Gasteiger partial charge in [-0.25, -0.2) is 8.42 Å². The van der Waals surface area contributed by atoms with Gasteiger partial charge in [-0.1, -0.05) is 60.4 Å². The molecule has 1 aliphatic heterocycles. The topological polar surface area (TPSA) is 95.5 Å². The van der Waals surface area contributed by atoms with E-state index in [1.807, 2.05) is 30.3 Å². The number of aromatic nitrogens is 2. The molecule has 0 atom stereocenters. The minimum atomic E-state index is -3.38. The van der Waals surface area contributed by atoms with Crippen molar-refractivity contribution in [3.05, 3.63) is 35.9 Å². The largest absolute Gasteiger partial charge is 0.360 e. The van der Waals surface area contributed by atoms with Crippen LogP contribution in [0.4, 0.5) is 5.13 Å². The number of sulfonamides is 1. The monoisotopic (exact) mass is 455 g/mol. The fourth-order valence-corrected chi connectivity index (χ4v) is 6.07. The van der Waals surface area contributed by atoms with Crippen LogP contribution in [0.15, 0.2) is 34.7 Å². The molecule has 2 heterocycles. The third-order valence-corrected chi connectivity index (χ3v) is 8.28. The quantitative estimate of drug-likeness (QED) is 0.579. The maximum absolute atomic E-state index is 12.6. The summed E-state index contributed by atoms with van der Waals surface area (Å²) in [4.78, 5) is 14.2. The van der Waals surface area contributed by atoms with E-state index >= 15 is 0 Å². The zero-order valence-electron chi connectivity index (χ0n) is 16.3. The van der Waals surface area contributed by atoms with Gasteiger partial charge in [0.2, 0.25) is 21.1 Å². The average molecular weight is 456 g/mol. The molecule has 1 aliphatic rings. The number of rotatable bonds is 9. The molecule has 158 valence electrons. The third-order valence-electron chi connectivity index (χ3n) is 4.43. The summed E-state index contributed by atoms with van der Waals surface area (Å²) in [5.41, 5.74) is 0.771. The SMILES string of the molecule is CCCNc1nnc(SCC(=O)N2CCN(S(=O)(=O)Cc3ccccc3)CC2)s1. The van der Waals surface area contributed by atoms with Gasteiger partial charge in [-0.2, -0.15) is 4.31 Å². The van der Waals surface area contributed by atoms with Gasteiger partial charge >= 0.3 is 0 Å². The van der Waals surface area contributed by atoms with Gasteiger partial charge in [0.1, 0.15) is 0 Å². The van der Waals surface area contributed by atoms with Gasteiger partial charge in [0, 0.05) is 32.7 Å². The first-order valence-corrected chi connectivity index (χ1v) is 12.9. The van der Waals surface area contributed by atoms with E-state index in [0.29, 0.717) is 26.2 Å². The number of nitrogens with zero attached hydrogens (tertiary/aromatic N) is 4. The lowest BCUT2D eigenvalue weighted by Crippen LogP contribution is -2.51. The van der Waals surface area contributed by atoms with E-state index in [9.17, 15) is 13.2 Å². The van der Waals surface area contributed by atoms with Crippen LogP contribution in [0.3, 0.4) is 0 Å². The van der Waals surface area contributed by atoms with E-state index in [-0.39, 0.29) is 17.4 Å². The van der Waals surface area contributed by atoms with E-state index in [4.69, 9.17) is 0 Å². The number of hydrogen-bond acceptors (Lipinski definition) is 8. The Morgan fingerprint density at radius 1 is 1.17 bits per heavy atom. The van der Waals surface area contributed by atoms with Crippen molar-refractivity contribution in [2.75, 3.05) is 43.8 Å². The van der Waals surface area contributed by atoms with Crippen molar-refractivity contribution in [2.45, 2.75) is 23.4 Å². The summed E-state index contributed by atoms with van der Waals surface area (Å²) in [6.45, 7) is 4.40. The van der Waals surface area contributed by atoms with Gasteiger partial charge in [-0.15, -0.1) is 10.2 Å². The molecule has 0 unspecified atom stereocenters. The van der Waals surface area contributed by atoms with E-state index in [2.05, 4.69) is 22.4 Å². The zero-order chi connectivity index (χ0) is 20.7. The average Bonchev–Trinajstić information content (AvgIpc) is 3.19. The fraction of sp³-hybridized carbons (Fsp3) is 0.500. The molecular formula is C18H25N5O3S3. The molecule has 2 aromatic rings. The van der Waals surface area contributed by atoms with Crippen molar-refractivity contribution in [2.24, 2.45) is 0 Å². The van der Waals surface area contributed by atoms with Crippen LogP contribution in [0.1, 0.15) is 18.9 Å². The highest BCUT2D eigenvalue weighted by atomic mass is 32.2. The third kappa shape index (κ3) is 6.39. The first kappa shape index (κ1) is 22.0. The molecule has 0 aliphatic carbocycles. The number of benzene rings is 1. The Kier molecular flexibility index (Phi) is 7.87. The Morgan fingerprint density at radius 2 is 1.90 bits per heavy atom. The second-order valence-corrected chi connectivity index (χ2v) is 10.8. The highest BCUT2D eigenvalue weighted by Gasteiger charge is 2.29. The molecule has 1 aromatic heterocycles. The Balaban J connectivity index is 1.45. The van der Waals surface area contributed by atoms with Crippen LogP contribution in [0.25, 0.3) is 0 Å². The van der Waals surface area contributed by atoms with Gasteiger partial charge in [0.25, 0.3) is 0 Å². The van der Waals surface area contributed by atoms with Crippen LogP contribution in [0, 0.1) is 0 Å². The van der Waals surface area contributed by atoms with Crippen molar-refractivity contribution >= 4 is 44.2 Å². The molecule has 1 amide bonds. The van der Waals surface area contributed by atoms with Gasteiger partial charge in [0.15, 0.2) is 4.34 Å². The summed E-state index contributed by atoms with van der Waals surface area (Å²) in [5.74, 6) is 0.260. The highest BCUT2D eigenvalue weighted by Crippen LogP contribution is 2.26. The van der Waals surface area contributed by atoms with Crippen LogP contribution in [0.2, 0.25) is 0 Å². The normalized spacial score (nSPS) is 15.4. The van der Waals surface area contributed by atoms with Crippen molar-refractivity contribution in [1.29, 1.82) is 0 Å². The van der Waals surface area contributed by atoms with Gasteiger partial charge in [-0.05, 0) is 12.0 Å². The number of anilines is 1.